The molecule has 1 aromatic heterocycles. The summed E-state index contributed by atoms with van der Waals surface area (Å²) in [5.74, 6) is 0.00537. The highest BCUT2D eigenvalue weighted by molar-refractivity contribution is 7.89. The average molecular weight is 589 g/mol. The molecule has 0 bridgehead atoms. The standard InChI is InChI=1S/C30H36N8O3S/c31-29(32)34-25-11-14-37(19-25)17-20-1-5-26(6-2-20)38-18-23-15-22(16-28(23)35-30(38)39)21-3-7-27(8-4-21)42(40,41)36-24-9-12-33-13-10-24/h1-8,15,18,24-25,33,36H,9-14,16-17,19H2,(H4,31,32,34)/t25-/m1/s1. The first-order chi connectivity index (χ1) is 20.2. The number of hydrogen-bond acceptors (Lipinski definition) is 7. The molecule has 1 atom stereocenters. The SMILES string of the molecule is N=C(N)N[C@@H]1CCN(Cc2ccc(-n3cc4c(nc3=O)CC(c3ccc(S(=O)(=O)NC5CCNCC5)cc3)=C4)cc2)C1. The first-order valence-electron chi connectivity index (χ1n) is 14.3. The van der Waals surface area contributed by atoms with Crippen molar-refractivity contribution in [3.63, 3.8) is 0 Å². The second-order valence-corrected chi connectivity index (χ2v) is 13.0. The number of piperidine rings is 1. The van der Waals surface area contributed by atoms with Crippen LogP contribution in [0, 0.1) is 5.41 Å². The third-order valence-corrected chi connectivity index (χ3v) is 9.71. The number of guanidine groups is 1. The third kappa shape index (κ3) is 6.31. The van der Waals surface area contributed by atoms with Gasteiger partial charge < -0.3 is 16.4 Å². The van der Waals surface area contributed by atoms with Gasteiger partial charge in [0.05, 0.1) is 16.3 Å². The molecule has 11 nitrogen and oxygen atoms in total. The lowest BCUT2D eigenvalue weighted by Gasteiger charge is -2.23. The van der Waals surface area contributed by atoms with E-state index < -0.39 is 10.0 Å². The third-order valence-electron chi connectivity index (χ3n) is 8.17. The van der Waals surface area contributed by atoms with Crippen LogP contribution in [-0.4, -0.2) is 67.1 Å². The zero-order chi connectivity index (χ0) is 29.3. The monoisotopic (exact) mass is 588 g/mol. The van der Waals surface area contributed by atoms with Crippen molar-refractivity contribution < 1.29 is 8.42 Å². The molecule has 2 fully saturated rings. The lowest BCUT2D eigenvalue weighted by Crippen LogP contribution is -2.42. The highest BCUT2D eigenvalue weighted by atomic mass is 32.2. The van der Waals surface area contributed by atoms with E-state index in [2.05, 4.69) is 25.2 Å². The van der Waals surface area contributed by atoms with Crippen LogP contribution in [0.15, 0.2) is 64.4 Å². The highest BCUT2D eigenvalue weighted by Gasteiger charge is 2.24. The maximum absolute atomic E-state index is 12.9. The van der Waals surface area contributed by atoms with Gasteiger partial charge in [-0.05, 0) is 79.4 Å². The molecule has 6 rings (SSSR count). The molecule has 1 aliphatic carbocycles. The number of rotatable bonds is 8. The van der Waals surface area contributed by atoms with Gasteiger partial charge in [-0.1, -0.05) is 24.3 Å². The summed E-state index contributed by atoms with van der Waals surface area (Å²) in [4.78, 5) is 19.9. The van der Waals surface area contributed by atoms with E-state index >= 15 is 0 Å². The molecule has 220 valence electrons. The van der Waals surface area contributed by atoms with Gasteiger partial charge in [0.15, 0.2) is 5.96 Å². The molecule has 3 aliphatic rings. The van der Waals surface area contributed by atoms with Crippen LogP contribution >= 0.6 is 0 Å². The van der Waals surface area contributed by atoms with Crippen molar-refractivity contribution in [3.8, 4) is 5.69 Å². The molecular weight excluding hydrogens is 552 g/mol. The van der Waals surface area contributed by atoms with Gasteiger partial charge in [-0.3, -0.25) is 14.9 Å². The Kier molecular flexibility index (Phi) is 7.95. The van der Waals surface area contributed by atoms with E-state index in [-0.39, 0.29) is 28.6 Å². The Bertz CT molecular complexity index is 1660. The molecule has 42 heavy (non-hydrogen) atoms. The van der Waals surface area contributed by atoms with Gasteiger partial charge >= 0.3 is 5.69 Å². The van der Waals surface area contributed by atoms with Crippen molar-refractivity contribution in [3.05, 3.63) is 87.6 Å². The average Bonchev–Trinajstić information content (AvgIpc) is 3.59. The minimum atomic E-state index is -3.58. The molecule has 0 radical (unpaired) electrons. The Morgan fingerprint density at radius 3 is 2.50 bits per heavy atom. The fourth-order valence-electron chi connectivity index (χ4n) is 5.96. The zero-order valence-corrected chi connectivity index (χ0v) is 24.2. The van der Waals surface area contributed by atoms with Crippen LogP contribution in [0.1, 0.15) is 41.6 Å². The molecule has 0 amide bonds. The highest BCUT2D eigenvalue weighted by Crippen LogP contribution is 2.30. The molecule has 2 aliphatic heterocycles. The van der Waals surface area contributed by atoms with Crippen molar-refractivity contribution in [2.75, 3.05) is 26.2 Å². The predicted octanol–water partition coefficient (Wildman–Crippen LogP) is 1.42. The topological polar surface area (TPSA) is 158 Å². The summed E-state index contributed by atoms with van der Waals surface area (Å²) in [7, 11) is -3.58. The normalized spacial score (nSPS) is 19.4. The number of likely N-dealkylation sites (tertiary alicyclic amines) is 1. The molecule has 3 heterocycles. The van der Waals surface area contributed by atoms with E-state index in [4.69, 9.17) is 11.1 Å². The number of aromatic nitrogens is 2. The maximum Gasteiger partial charge on any atom is 0.352 e. The Labute approximate surface area is 245 Å². The van der Waals surface area contributed by atoms with Gasteiger partial charge in [0.25, 0.3) is 0 Å². The van der Waals surface area contributed by atoms with Crippen LogP contribution in [-0.2, 0) is 23.0 Å². The molecule has 12 heteroatoms. The second kappa shape index (κ2) is 11.8. The van der Waals surface area contributed by atoms with E-state index in [1.54, 1.807) is 16.7 Å². The number of sulfonamides is 1. The van der Waals surface area contributed by atoms with Crippen LogP contribution in [0.5, 0.6) is 0 Å². The Morgan fingerprint density at radius 2 is 1.79 bits per heavy atom. The summed E-state index contributed by atoms with van der Waals surface area (Å²) in [6.07, 6.45) is 6.86. The van der Waals surface area contributed by atoms with Gasteiger partial charge in [-0.25, -0.2) is 17.9 Å². The number of fused-ring (bicyclic) bond motifs is 1. The van der Waals surface area contributed by atoms with Crippen LogP contribution in [0.4, 0.5) is 0 Å². The van der Waals surface area contributed by atoms with Gasteiger partial charge in [0.1, 0.15) is 0 Å². The van der Waals surface area contributed by atoms with Gasteiger partial charge in [0.2, 0.25) is 10.0 Å². The smallest absolute Gasteiger partial charge is 0.352 e. The van der Waals surface area contributed by atoms with Gasteiger partial charge in [-0.15, -0.1) is 0 Å². The van der Waals surface area contributed by atoms with Crippen LogP contribution in [0.2, 0.25) is 0 Å². The van der Waals surface area contributed by atoms with E-state index in [9.17, 15) is 13.2 Å². The Morgan fingerprint density at radius 1 is 1.05 bits per heavy atom. The summed E-state index contributed by atoms with van der Waals surface area (Å²) in [5.41, 5.74) is 10.5. The molecular formula is C30H36N8O3S. The van der Waals surface area contributed by atoms with E-state index in [0.717, 1.165) is 85.6 Å². The number of nitrogens with one attached hydrogen (secondary N) is 4. The molecule has 6 N–H and O–H groups in total. The number of nitrogens with two attached hydrogens (primary N) is 1. The van der Waals surface area contributed by atoms with Crippen LogP contribution < -0.4 is 26.8 Å². The molecule has 0 spiro atoms. The minimum absolute atomic E-state index is 0.00537. The summed E-state index contributed by atoms with van der Waals surface area (Å²) in [5, 5.41) is 13.7. The summed E-state index contributed by atoms with van der Waals surface area (Å²) in [6.45, 7) is 4.17. The summed E-state index contributed by atoms with van der Waals surface area (Å²) < 4.78 is 30.1. The second-order valence-electron chi connectivity index (χ2n) is 11.3. The molecule has 3 aromatic rings. The van der Waals surface area contributed by atoms with Crippen molar-refractivity contribution in [1.82, 2.24) is 29.8 Å². The van der Waals surface area contributed by atoms with Crippen molar-refractivity contribution in [2.45, 2.75) is 49.2 Å². The quantitative estimate of drug-likeness (QED) is 0.195. The van der Waals surface area contributed by atoms with Gasteiger partial charge in [0, 0.05) is 49.9 Å². The van der Waals surface area contributed by atoms with Crippen molar-refractivity contribution in [2.24, 2.45) is 5.73 Å². The van der Waals surface area contributed by atoms with E-state index in [0.29, 0.717) is 6.42 Å². The molecule has 0 saturated carbocycles. The predicted molar refractivity (Wildman–Crippen MR) is 163 cm³/mol. The summed E-state index contributed by atoms with van der Waals surface area (Å²) in [6, 6.07) is 15.0. The zero-order valence-electron chi connectivity index (χ0n) is 23.3. The van der Waals surface area contributed by atoms with Gasteiger partial charge in [-0.2, -0.15) is 4.98 Å². The van der Waals surface area contributed by atoms with Crippen molar-refractivity contribution >= 4 is 27.6 Å². The minimum Gasteiger partial charge on any atom is -0.370 e. The fraction of sp³-hybridized carbons (Fsp3) is 0.367. The van der Waals surface area contributed by atoms with E-state index in [1.165, 1.54) is 0 Å². The molecule has 2 saturated heterocycles. The van der Waals surface area contributed by atoms with E-state index in [1.807, 2.05) is 48.7 Å². The first-order valence-corrected chi connectivity index (χ1v) is 15.8. The van der Waals surface area contributed by atoms with Crippen LogP contribution in [0.3, 0.4) is 0 Å². The Hall–Kier alpha value is -3.84. The van der Waals surface area contributed by atoms with Crippen LogP contribution in [0.25, 0.3) is 17.3 Å². The largest absolute Gasteiger partial charge is 0.370 e. The fourth-order valence-corrected chi connectivity index (χ4v) is 7.27. The molecule has 2 aromatic carbocycles. The maximum atomic E-state index is 12.9. The lowest BCUT2D eigenvalue weighted by atomic mass is 10.1. The first kappa shape index (κ1) is 28.3. The number of hydrogen-bond donors (Lipinski definition) is 5. The summed E-state index contributed by atoms with van der Waals surface area (Å²) >= 11 is 0. The number of benzene rings is 2. The lowest BCUT2D eigenvalue weighted by molar-refractivity contribution is 0.324. The number of allylic oxidation sites excluding steroid dienone is 1. The molecule has 0 unspecified atom stereocenters. The van der Waals surface area contributed by atoms with Crippen molar-refractivity contribution in [1.29, 1.82) is 5.41 Å². The number of nitrogens with zero attached hydrogens (tertiary/aromatic N) is 3. The Balaban J connectivity index is 1.13.